The Morgan fingerprint density at radius 3 is 2.24 bits per heavy atom. The number of carbonyl (C=O) groups is 3. The molecule has 0 radical (unpaired) electrons. The molecule has 0 saturated heterocycles. The Bertz CT molecular complexity index is 2010. The molecule has 1 heterocycles. The maximum absolute atomic E-state index is 13.8. The highest BCUT2D eigenvalue weighted by Crippen LogP contribution is 2.39. The molecule has 5 rings (SSSR count). The average Bonchev–Trinajstić information content (AvgIpc) is 3.62. The van der Waals surface area contributed by atoms with Gasteiger partial charge in [-0.2, -0.15) is 0 Å². The first-order chi connectivity index (χ1) is 24.7. The minimum atomic E-state index is -0.569. The molecule has 51 heavy (non-hydrogen) atoms. The molecule has 0 spiro atoms. The third-order valence-electron chi connectivity index (χ3n) is 7.43. The molecule has 0 fully saturated rings. The van der Waals surface area contributed by atoms with E-state index in [1.165, 1.54) is 50.5 Å². The minimum absolute atomic E-state index is 0.0246. The molecule has 0 aliphatic heterocycles. The van der Waals surface area contributed by atoms with Crippen molar-refractivity contribution in [2.45, 2.75) is 23.5 Å². The van der Waals surface area contributed by atoms with E-state index in [4.69, 9.17) is 25.8 Å². The van der Waals surface area contributed by atoms with Crippen LogP contribution < -0.4 is 30.2 Å². The molecule has 1 atom stereocenters. The molecular formula is C38H35ClN4O6S2. The number of nitrogens with zero attached hydrogens (tertiary/aromatic N) is 1. The summed E-state index contributed by atoms with van der Waals surface area (Å²) < 4.78 is 16.4. The van der Waals surface area contributed by atoms with Gasteiger partial charge < -0.3 is 30.2 Å². The SMILES string of the molecule is CCC(Sc1cccc(NC(=O)/C(=C\c2cc(OC)c(OC)c(OC)c2)NC(=O)c2ccccc2)c1)C(=O)Nc1nc(-c2ccc(Cl)cc2)cs1. The normalized spacial score (nSPS) is 11.7. The number of halogens is 1. The largest absolute Gasteiger partial charge is 0.493 e. The van der Waals surface area contributed by atoms with E-state index in [2.05, 4.69) is 20.9 Å². The van der Waals surface area contributed by atoms with Crippen molar-refractivity contribution in [2.75, 3.05) is 32.0 Å². The number of rotatable bonds is 14. The second-order valence-corrected chi connectivity index (χ2v) is 13.4. The first-order valence-corrected chi connectivity index (χ1v) is 17.8. The van der Waals surface area contributed by atoms with Crippen LogP contribution in [0.3, 0.4) is 0 Å². The lowest BCUT2D eigenvalue weighted by molar-refractivity contribution is -0.116. The van der Waals surface area contributed by atoms with E-state index in [1.54, 1.807) is 72.8 Å². The predicted octanol–water partition coefficient (Wildman–Crippen LogP) is 8.41. The van der Waals surface area contributed by atoms with Crippen molar-refractivity contribution in [3.63, 3.8) is 0 Å². The standard InChI is InChI=1S/C38H35ClN4O6S2/c1-5-33(37(46)43-38-42-30(22-50-38)24-14-16-26(39)17-15-24)51-28-13-9-12-27(21-28)40-36(45)29(41-35(44)25-10-7-6-8-11-25)18-23-19-31(47-2)34(49-4)32(20-23)48-3/h6-22,33H,5H2,1-4H3,(H,40,45)(H,41,44)(H,42,43,46)/b29-18+. The van der Waals surface area contributed by atoms with E-state index in [-0.39, 0.29) is 11.6 Å². The number of thioether (sulfide) groups is 1. The summed E-state index contributed by atoms with van der Waals surface area (Å²) in [4.78, 5) is 45.6. The number of methoxy groups -OCH3 is 3. The van der Waals surface area contributed by atoms with Crippen molar-refractivity contribution in [1.29, 1.82) is 0 Å². The molecule has 3 N–H and O–H groups in total. The maximum atomic E-state index is 13.8. The third kappa shape index (κ3) is 9.69. The van der Waals surface area contributed by atoms with E-state index in [9.17, 15) is 14.4 Å². The van der Waals surface area contributed by atoms with Crippen molar-refractivity contribution >= 4 is 69.3 Å². The van der Waals surface area contributed by atoms with Gasteiger partial charge in [-0.1, -0.05) is 54.9 Å². The zero-order valence-electron chi connectivity index (χ0n) is 28.2. The molecular weight excluding hydrogens is 708 g/mol. The van der Waals surface area contributed by atoms with Gasteiger partial charge in [-0.25, -0.2) is 4.98 Å². The summed E-state index contributed by atoms with van der Waals surface area (Å²) in [5, 5.41) is 11.1. The van der Waals surface area contributed by atoms with E-state index >= 15 is 0 Å². The van der Waals surface area contributed by atoms with Gasteiger partial charge in [-0.15, -0.1) is 23.1 Å². The number of thiazole rings is 1. The number of aromatic nitrogens is 1. The fourth-order valence-corrected chi connectivity index (χ4v) is 6.76. The number of hydrogen-bond acceptors (Lipinski definition) is 9. The Kier molecular flexibility index (Phi) is 12.7. The van der Waals surface area contributed by atoms with Crippen LogP contribution in [0.25, 0.3) is 17.3 Å². The molecule has 3 amide bonds. The van der Waals surface area contributed by atoms with Crippen LogP contribution in [0.5, 0.6) is 17.2 Å². The first kappa shape index (κ1) is 37.0. The average molecular weight is 743 g/mol. The molecule has 0 saturated carbocycles. The molecule has 4 aromatic carbocycles. The summed E-state index contributed by atoms with van der Waals surface area (Å²) >= 11 is 8.72. The topological polar surface area (TPSA) is 128 Å². The highest BCUT2D eigenvalue weighted by atomic mass is 35.5. The molecule has 1 aromatic heterocycles. The van der Waals surface area contributed by atoms with Crippen LogP contribution in [0.2, 0.25) is 5.02 Å². The molecule has 0 aliphatic rings. The molecule has 0 aliphatic carbocycles. The van der Waals surface area contributed by atoms with Gasteiger partial charge in [0.1, 0.15) is 5.70 Å². The summed E-state index contributed by atoms with van der Waals surface area (Å²) in [5.74, 6) is -0.0692. The highest BCUT2D eigenvalue weighted by molar-refractivity contribution is 8.00. The van der Waals surface area contributed by atoms with Gasteiger partial charge >= 0.3 is 0 Å². The zero-order valence-corrected chi connectivity index (χ0v) is 30.6. The number of anilines is 2. The van der Waals surface area contributed by atoms with Crippen LogP contribution in [0.1, 0.15) is 29.3 Å². The predicted molar refractivity (Wildman–Crippen MR) is 204 cm³/mol. The fraction of sp³-hybridized carbons (Fsp3) is 0.158. The molecule has 0 bridgehead atoms. The Labute approximate surface area is 309 Å². The summed E-state index contributed by atoms with van der Waals surface area (Å²) in [6.45, 7) is 1.93. The molecule has 5 aromatic rings. The van der Waals surface area contributed by atoms with Gasteiger partial charge in [-0.3, -0.25) is 14.4 Å². The van der Waals surface area contributed by atoms with Gasteiger partial charge in [0.25, 0.3) is 11.8 Å². The first-order valence-electron chi connectivity index (χ1n) is 15.7. The van der Waals surface area contributed by atoms with Crippen molar-refractivity contribution in [3.05, 3.63) is 118 Å². The lowest BCUT2D eigenvalue weighted by atomic mass is 10.1. The van der Waals surface area contributed by atoms with Gasteiger partial charge in [0, 0.05) is 32.1 Å². The number of benzene rings is 4. The third-order valence-corrected chi connectivity index (χ3v) is 9.80. The Balaban J connectivity index is 1.33. The van der Waals surface area contributed by atoms with Crippen molar-refractivity contribution in [1.82, 2.24) is 10.3 Å². The quantitative estimate of drug-likeness (QED) is 0.0765. The van der Waals surface area contributed by atoms with Crippen LogP contribution >= 0.6 is 34.7 Å². The van der Waals surface area contributed by atoms with Gasteiger partial charge in [0.2, 0.25) is 11.7 Å². The molecule has 10 nitrogen and oxygen atoms in total. The number of hydrogen-bond donors (Lipinski definition) is 3. The number of nitrogens with one attached hydrogen (secondary N) is 3. The van der Waals surface area contributed by atoms with Crippen LogP contribution in [0.15, 0.2) is 107 Å². The smallest absolute Gasteiger partial charge is 0.272 e. The number of carbonyl (C=O) groups excluding carboxylic acids is 3. The highest BCUT2D eigenvalue weighted by Gasteiger charge is 2.21. The Morgan fingerprint density at radius 2 is 1.59 bits per heavy atom. The Morgan fingerprint density at radius 1 is 0.882 bits per heavy atom. The summed E-state index contributed by atoms with van der Waals surface area (Å²) in [5.41, 5.74) is 2.99. The second kappa shape index (κ2) is 17.6. The number of ether oxygens (including phenoxy) is 3. The van der Waals surface area contributed by atoms with E-state index in [0.29, 0.717) is 50.6 Å². The van der Waals surface area contributed by atoms with Crippen molar-refractivity contribution < 1.29 is 28.6 Å². The fourth-order valence-electron chi connectivity index (χ4n) is 4.90. The van der Waals surface area contributed by atoms with Crippen LogP contribution in [0, 0.1) is 0 Å². The van der Waals surface area contributed by atoms with E-state index in [1.807, 2.05) is 30.5 Å². The van der Waals surface area contributed by atoms with Crippen LogP contribution in [-0.4, -0.2) is 49.3 Å². The lowest BCUT2D eigenvalue weighted by Crippen LogP contribution is -2.30. The summed E-state index contributed by atoms with van der Waals surface area (Å²) in [7, 11) is 4.48. The summed E-state index contributed by atoms with van der Waals surface area (Å²) in [6.07, 6.45) is 2.07. The maximum Gasteiger partial charge on any atom is 0.272 e. The molecule has 1 unspecified atom stereocenters. The van der Waals surface area contributed by atoms with Crippen molar-refractivity contribution in [2.24, 2.45) is 0 Å². The van der Waals surface area contributed by atoms with E-state index < -0.39 is 17.1 Å². The molecule has 13 heteroatoms. The monoisotopic (exact) mass is 742 g/mol. The zero-order chi connectivity index (χ0) is 36.3. The molecule has 262 valence electrons. The van der Waals surface area contributed by atoms with Gasteiger partial charge in [0.15, 0.2) is 16.6 Å². The minimum Gasteiger partial charge on any atom is -0.493 e. The summed E-state index contributed by atoms with van der Waals surface area (Å²) in [6, 6.07) is 26.4. The number of amides is 3. The second-order valence-electron chi connectivity index (χ2n) is 10.9. The van der Waals surface area contributed by atoms with Crippen LogP contribution in [0.4, 0.5) is 10.8 Å². The van der Waals surface area contributed by atoms with Crippen molar-refractivity contribution in [3.8, 4) is 28.5 Å². The van der Waals surface area contributed by atoms with Gasteiger partial charge in [-0.05, 0) is 72.7 Å². The van der Waals surface area contributed by atoms with Crippen LogP contribution in [-0.2, 0) is 9.59 Å². The lowest BCUT2D eigenvalue weighted by Gasteiger charge is -2.16. The van der Waals surface area contributed by atoms with E-state index in [0.717, 1.165) is 16.2 Å². The Hall–Kier alpha value is -5.30. The van der Waals surface area contributed by atoms with Gasteiger partial charge in [0.05, 0.1) is 32.3 Å².